The zero-order valence-electron chi connectivity index (χ0n) is 18.3. The number of nitrogens with two attached hydrogens (primary N) is 1. The first kappa shape index (κ1) is 24.3. The van der Waals surface area contributed by atoms with Crippen molar-refractivity contribution in [2.24, 2.45) is 5.73 Å². The Hall–Kier alpha value is -1.93. The molecule has 7 N–H and O–H groups in total. The van der Waals surface area contributed by atoms with Crippen LogP contribution in [0.15, 0.2) is 30.5 Å². The van der Waals surface area contributed by atoms with Gasteiger partial charge in [0.15, 0.2) is 0 Å². The lowest BCUT2D eigenvalue weighted by Gasteiger charge is -2.08. The molecule has 1 heterocycles. The van der Waals surface area contributed by atoms with Crippen molar-refractivity contribution in [3.63, 3.8) is 0 Å². The molecule has 2 rings (SSSR count). The third-order valence-corrected chi connectivity index (χ3v) is 5.10. The SMILES string of the molecule is NCCCNCCCNCCCCNCCCNC(=O)Cc1c[nH]c2ccccc12. The van der Waals surface area contributed by atoms with Crippen molar-refractivity contribution in [1.82, 2.24) is 26.3 Å². The highest BCUT2D eigenvalue weighted by Gasteiger charge is 2.07. The summed E-state index contributed by atoms with van der Waals surface area (Å²) >= 11 is 0. The molecule has 7 heteroatoms. The van der Waals surface area contributed by atoms with Crippen LogP contribution in [0.5, 0.6) is 0 Å². The summed E-state index contributed by atoms with van der Waals surface area (Å²) in [7, 11) is 0. The van der Waals surface area contributed by atoms with Gasteiger partial charge >= 0.3 is 0 Å². The minimum atomic E-state index is 0.0837. The topological polar surface area (TPSA) is 107 Å². The third-order valence-electron chi connectivity index (χ3n) is 5.10. The van der Waals surface area contributed by atoms with E-state index in [4.69, 9.17) is 5.73 Å². The normalized spacial score (nSPS) is 11.2. The molecule has 0 saturated carbocycles. The highest BCUT2D eigenvalue weighted by atomic mass is 16.1. The average molecular weight is 417 g/mol. The number of fused-ring (bicyclic) bond motifs is 1. The van der Waals surface area contributed by atoms with Crippen LogP contribution in [0.25, 0.3) is 10.9 Å². The fraction of sp³-hybridized carbons (Fsp3) is 0.609. The number of hydrogen-bond donors (Lipinski definition) is 6. The maximum absolute atomic E-state index is 12.1. The van der Waals surface area contributed by atoms with Gasteiger partial charge in [-0.3, -0.25) is 4.79 Å². The Labute approximate surface area is 180 Å². The minimum Gasteiger partial charge on any atom is -0.361 e. The van der Waals surface area contributed by atoms with E-state index in [0.717, 1.165) is 88.1 Å². The van der Waals surface area contributed by atoms with Crippen LogP contribution in [0.1, 0.15) is 37.7 Å². The molecule has 1 aromatic heterocycles. The van der Waals surface area contributed by atoms with Gasteiger partial charge in [0, 0.05) is 23.6 Å². The van der Waals surface area contributed by atoms with Crippen molar-refractivity contribution >= 4 is 16.8 Å². The van der Waals surface area contributed by atoms with E-state index in [0.29, 0.717) is 6.42 Å². The molecule has 0 spiro atoms. The average Bonchev–Trinajstić information content (AvgIpc) is 3.16. The maximum Gasteiger partial charge on any atom is 0.224 e. The van der Waals surface area contributed by atoms with Crippen LogP contribution in [0.4, 0.5) is 0 Å². The molecule has 168 valence electrons. The maximum atomic E-state index is 12.1. The molecule has 0 radical (unpaired) electrons. The lowest BCUT2D eigenvalue weighted by atomic mass is 10.1. The summed E-state index contributed by atoms with van der Waals surface area (Å²) in [5.41, 5.74) is 7.59. The van der Waals surface area contributed by atoms with Gasteiger partial charge in [0.25, 0.3) is 0 Å². The molecule has 30 heavy (non-hydrogen) atoms. The number of amides is 1. The Balaban J connectivity index is 1.35. The van der Waals surface area contributed by atoms with Crippen molar-refractivity contribution in [2.45, 2.75) is 38.5 Å². The van der Waals surface area contributed by atoms with E-state index < -0.39 is 0 Å². The molecule has 0 bridgehead atoms. The third kappa shape index (κ3) is 10.2. The van der Waals surface area contributed by atoms with E-state index in [1.807, 2.05) is 24.4 Å². The fourth-order valence-electron chi connectivity index (χ4n) is 3.39. The summed E-state index contributed by atoms with van der Waals surface area (Å²) in [6, 6.07) is 8.08. The molecule has 0 atom stereocenters. The fourth-order valence-corrected chi connectivity index (χ4v) is 3.39. The molecule has 0 saturated heterocycles. The Morgan fingerprint density at radius 1 is 0.800 bits per heavy atom. The first-order chi connectivity index (χ1) is 14.8. The number of benzene rings is 1. The van der Waals surface area contributed by atoms with Gasteiger partial charge in [0.1, 0.15) is 0 Å². The summed E-state index contributed by atoms with van der Waals surface area (Å²) in [5.74, 6) is 0.0837. The molecule has 0 aliphatic carbocycles. The number of H-pyrrole nitrogens is 1. The van der Waals surface area contributed by atoms with Crippen molar-refractivity contribution in [1.29, 1.82) is 0 Å². The first-order valence-corrected chi connectivity index (χ1v) is 11.4. The Kier molecular flexibility index (Phi) is 12.9. The van der Waals surface area contributed by atoms with Crippen LogP contribution >= 0.6 is 0 Å². The molecule has 0 unspecified atom stereocenters. The van der Waals surface area contributed by atoms with Crippen LogP contribution in [0.3, 0.4) is 0 Å². The lowest BCUT2D eigenvalue weighted by Crippen LogP contribution is -2.29. The second kappa shape index (κ2) is 15.8. The van der Waals surface area contributed by atoms with E-state index in [2.05, 4.69) is 32.3 Å². The van der Waals surface area contributed by atoms with Crippen LogP contribution in [-0.4, -0.2) is 63.2 Å². The quantitative estimate of drug-likeness (QED) is 0.207. The summed E-state index contributed by atoms with van der Waals surface area (Å²) in [4.78, 5) is 15.4. The molecule has 1 aromatic carbocycles. The van der Waals surface area contributed by atoms with E-state index >= 15 is 0 Å². The van der Waals surface area contributed by atoms with Gasteiger partial charge in [0.2, 0.25) is 5.91 Å². The monoisotopic (exact) mass is 416 g/mol. The lowest BCUT2D eigenvalue weighted by molar-refractivity contribution is -0.120. The van der Waals surface area contributed by atoms with Crippen LogP contribution < -0.4 is 27.0 Å². The van der Waals surface area contributed by atoms with Gasteiger partial charge in [-0.1, -0.05) is 18.2 Å². The van der Waals surface area contributed by atoms with Crippen molar-refractivity contribution in [2.75, 3.05) is 52.4 Å². The van der Waals surface area contributed by atoms with Gasteiger partial charge in [0.05, 0.1) is 6.42 Å². The molecule has 0 fully saturated rings. The van der Waals surface area contributed by atoms with Crippen molar-refractivity contribution < 1.29 is 4.79 Å². The molecule has 2 aromatic rings. The number of unbranched alkanes of at least 4 members (excludes halogenated alkanes) is 1. The van der Waals surface area contributed by atoms with E-state index in [1.165, 1.54) is 12.8 Å². The summed E-state index contributed by atoms with van der Waals surface area (Å²) in [6.07, 6.45) is 7.89. The first-order valence-electron chi connectivity index (χ1n) is 11.4. The summed E-state index contributed by atoms with van der Waals surface area (Å²) < 4.78 is 0. The number of aromatic amines is 1. The molecule has 1 amide bonds. The van der Waals surface area contributed by atoms with Crippen molar-refractivity contribution in [3.05, 3.63) is 36.0 Å². The highest BCUT2D eigenvalue weighted by Crippen LogP contribution is 2.17. The van der Waals surface area contributed by atoms with E-state index in [1.54, 1.807) is 0 Å². The highest BCUT2D eigenvalue weighted by molar-refractivity contribution is 5.88. The zero-order valence-corrected chi connectivity index (χ0v) is 18.3. The largest absolute Gasteiger partial charge is 0.361 e. The van der Waals surface area contributed by atoms with Crippen LogP contribution in [-0.2, 0) is 11.2 Å². The predicted octanol–water partition coefficient (Wildman–Crippen LogP) is 1.50. The predicted molar refractivity (Wildman–Crippen MR) is 126 cm³/mol. The van der Waals surface area contributed by atoms with Gasteiger partial charge in [-0.05, 0) is 89.5 Å². The number of aromatic nitrogens is 1. The number of carbonyl (C=O) groups excluding carboxylic acids is 1. The number of para-hydroxylation sites is 1. The van der Waals surface area contributed by atoms with Gasteiger partial charge in [-0.2, -0.15) is 0 Å². The standard InChI is InChI=1S/C23H40N6O/c24-10-5-13-27-15-6-14-25-11-3-4-12-26-16-7-17-28-23(30)18-20-19-29-22-9-2-1-8-21(20)22/h1-2,8-9,19,25-27,29H,3-7,10-18,24H2,(H,28,30). The van der Waals surface area contributed by atoms with E-state index in [9.17, 15) is 4.79 Å². The Bertz CT molecular complexity index is 702. The van der Waals surface area contributed by atoms with E-state index in [-0.39, 0.29) is 5.91 Å². The minimum absolute atomic E-state index is 0.0837. The van der Waals surface area contributed by atoms with Gasteiger partial charge in [-0.15, -0.1) is 0 Å². The number of rotatable bonds is 18. The second-order valence-electron chi connectivity index (χ2n) is 7.69. The number of hydrogen-bond acceptors (Lipinski definition) is 5. The Morgan fingerprint density at radius 2 is 1.40 bits per heavy atom. The van der Waals surface area contributed by atoms with Crippen LogP contribution in [0, 0.1) is 0 Å². The number of nitrogens with one attached hydrogen (secondary N) is 5. The molecule has 0 aliphatic heterocycles. The molecule has 0 aliphatic rings. The summed E-state index contributed by atoms with van der Waals surface area (Å²) in [6.45, 7) is 7.69. The summed E-state index contributed by atoms with van der Waals surface area (Å²) in [5, 5.41) is 14.5. The second-order valence-corrected chi connectivity index (χ2v) is 7.69. The van der Waals surface area contributed by atoms with Gasteiger partial charge in [-0.25, -0.2) is 0 Å². The molecular formula is C23H40N6O. The Morgan fingerprint density at radius 3 is 2.10 bits per heavy atom. The smallest absolute Gasteiger partial charge is 0.224 e. The van der Waals surface area contributed by atoms with Crippen LogP contribution in [0.2, 0.25) is 0 Å². The van der Waals surface area contributed by atoms with Gasteiger partial charge < -0.3 is 32.0 Å². The molecule has 7 nitrogen and oxygen atoms in total. The zero-order chi connectivity index (χ0) is 21.3. The number of carbonyl (C=O) groups is 1. The van der Waals surface area contributed by atoms with Crippen molar-refractivity contribution in [3.8, 4) is 0 Å². The molecular weight excluding hydrogens is 376 g/mol.